The van der Waals surface area contributed by atoms with Crippen LogP contribution in [-0.2, 0) is 6.42 Å². The predicted molar refractivity (Wildman–Crippen MR) is 97.3 cm³/mol. The van der Waals surface area contributed by atoms with Gasteiger partial charge in [-0.2, -0.15) is 0 Å². The summed E-state index contributed by atoms with van der Waals surface area (Å²) in [6, 6.07) is 12.5. The smallest absolute Gasteiger partial charge is 0.318 e. The van der Waals surface area contributed by atoms with Crippen molar-refractivity contribution >= 4 is 17.4 Å². The van der Waals surface area contributed by atoms with E-state index in [-0.39, 0.29) is 18.7 Å². The fourth-order valence-electron chi connectivity index (χ4n) is 2.98. The zero-order chi connectivity index (χ0) is 16.9. The monoisotopic (exact) mass is 344 g/mol. The first kappa shape index (κ1) is 17.0. The summed E-state index contributed by atoms with van der Waals surface area (Å²) in [5.41, 5.74) is 2.41. The Labute approximate surface area is 147 Å². The Kier molecular flexibility index (Phi) is 5.53. The summed E-state index contributed by atoms with van der Waals surface area (Å²) >= 11 is 1.69. The van der Waals surface area contributed by atoms with Gasteiger partial charge in [0, 0.05) is 17.5 Å². The molecule has 24 heavy (non-hydrogen) atoms. The van der Waals surface area contributed by atoms with Crippen LogP contribution in [0.4, 0.5) is 4.79 Å². The standard InChI is InChI=1S/C19H24N2O2S/c1-14-9-12-24-18(14)17(13-15-5-3-2-4-6-15)20-19(23)21(10-11-22)16-7-8-16/h2-6,9,12,16-17,22H,7-8,10-11,13H2,1H3,(H,20,23). The van der Waals surface area contributed by atoms with E-state index in [1.807, 2.05) is 18.2 Å². The van der Waals surface area contributed by atoms with E-state index in [0.29, 0.717) is 12.6 Å². The number of carbonyl (C=O) groups is 1. The van der Waals surface area contributed by atoms with Gasteiger partial charge in [0.2, 0.25) is 0 Å². The summed E-state index contributed by atoms with van der Waals surface area (Å²) in [5.74, 6) is 0. The molecule has 1 unspecified atom stereocenters. The fraction of sp³-hybridized carbons (Fsp3) is 0.421. The van der Waals surface area contributed by atoms with Gasteiger partial charge in [-0.15, -0.1) is 11.3 Å². The average molecular weight is 344 g/mol. The number of urea groups is 1. The summed E-state index contributed by atoms with van der Waals surface area (Å²) in [5, 5.41) is 14.5. The van der Waals surface area contributed by atoms with E-state index in [9.17, 15) is 9.90 Å². The molecular weight excluding hydrogens is 320 g/mol. The third kappa shape index (κ3) is 4.16. The largest absolute Gasteiger partial charge is 0.395 e. The number of nitrogens with one attached hydrogen (secondary N) is 1. The van der Waals surface area contributed by atoms with Gasteiger partial charge < -0.3 is 15.3 Å². The van der Waals surface area contributed by atoms with Crippen LogP contribution < -0.4 is 5.32 Å². The molecule has 1 atom stereocenters. The average Bonchev–Trinajstić information content (AvgIpc) is 3.33. The number of aryl methyl sites for hydroxylation is 1. The van der Waals surface area contributed by atoms with Crippen LogP contribution in [0.2, 0.25) is 0 Å². The first-order valence-electron chi connectivity index (χ1n) is 8.45. The van der Waals surface area contributed by atoms with Gasteiger partial charge >= 0.3 is 6.03 Å². The van der Waals surface area contributed by atoms with Gasteiger partial charge in [0.05, 0.1) is 12.6 Å². The molecule has 0 aliphatic heterocycles. The molecule has 1 aromatic heterocycles. The second kappa shape index (κ2) is 7.81. The third-order valence-corrected chi connectivity index (χ3v) is 5.52. The van der Waals surface area contributed by atoms with E-state index >= 15 is 0 Å². The Morgan fingerprint density at radius 1 is 1.33 bits per heavy atom. The number of thiophene rings is 1. The highest BCUT2D eigenvalue weighted by molar-refractivity contribution is 7.10. The summed E-state index contributed by atoms with van der Waals surface area (Å²) < 4.78 is 0. The third-order valence-electron chi connectivity index (χ3n) is 4.39. The summed E-state index contributed by atoms with van der Waals surface area (Å²) in [6.07, 6.45) is 2.84. The quantitative estimate of drug-likeness (QED) is 0.808. The minimum absolute atomic E-state index is 0.00526. The highest BCUT2D eigenvalue weighted by atomic mass is 32.1. The maximum atomic E-state index is 12.7. The molecular formula is C19H24N2O2S. The Bertz CT molecular complexity index is 667. The number of hydrogen-bond acceptors (Lipinski definition) is 3. The van der Waals surface area contributed by atoms with Crippen molar-refractivity contribution in [2.24, 2.45) is 0 Å². The molecule has 0 radical (unpaired) electrons. The van der Waals surface area contributed by atoms with Crippen molar-refractivity contribution in [3.05, 3.63) is 57.8 Å². The summed E-state index contributed by atoms with van der Waals surface area (Å²) in [7, 11) is 0. The van der Waals surface area contributed by atoms with Crippen LogP contribution in [0.15, 0.2) is 41.8 Å². The molecule has 2 amide bonds. The second-order valence-corrected chi connectivity index (χ2v) is 7.26. The van der Waals surface area contributed by atoms with Crippen molar-refractivity contribution in [1.82, 2.24) is 10.2 Å². The Hall–Kier alpha value is -1.85. The molecule has 128 valence electrons. The minimum Gasteiger partial charge on any atom is -0.395 e. The van der Waals surface area contributed by atoms with Crippen LogP contribution in [0.25, 0.3) is 0 Å². The van der Waals surface area contributed by atoms with Crippen molar-refractivity contribution in [2.75, 3.05) is 13.2 Å². The lowest BCUT2D eigenvalue weighted by Gasteiger charge is -2.26. The molecule has 1 aliphatic rings. The summed E-state index contributed by atoms with van der Waals surface area (Å²) in [6.45, 7) is 2.49. The van der Waals surface area contributed by atoms with E-state index in [1.165, 1.54) is 16.0 Å². The molecule has 5 heteroatoms. The van der Waals surface area contributed by atoms with Gasteiger partial charge in [-0.25, -0.2) is 4.79 Å². The Balaban J connectivity index is 1.76. The van der Waals surface area contributed by atoms with Crippen molar-refractivity contribution in [3.63, 3.8) is 0 Å². The first-order chi connectivity index (χ1) is 11.7. The normalized spacial score (nSPS) is 15.1. The van der Waals surface area contributed by atoms with Crippen molar-refractivity contribution in [3.8, 4) is 0 Å². The second-order valence-electron chi connectivity index (χ2n) is 6.31. The van der Waals surface area contributed by atoms with Crippen LogP contribution in [0.3, 0.4) is 0 Å². The number of carbonyl (C=O) groups excluding carboxylic acids is 1. The molecule has 2 N–H and O–H groups in total. The first-order valence-corrected chi connectivity index (χ1v) is 9.33. The number of nitrogens with zero attached hydrogens (tertiary/aromatic N) is 1. The van der Waals surface area contributed by atoms with E-state index in [2.05, 4.69) is 35.8 Å². The molecule has 2 aromatic rings. The van der Waals surface area contributed by atoms with E-state index < -0.39 is 0 Å². The van der Waals surface area contributed by atoms with Gasteiger partial charge in [0.25, 0.3) is 0 Å². The van der Waals surface area contributed by atoms with Crippen molar-refractivity contribution in [1.29, 1.82) is 0 Å². The highest BCUT2D eigenvalue weighted by Crippen LogP contribution is 2.29. The lowest BCUT2D eigenvalue weighted by Crippen LogP contribution is -2.44. The molecule has 3 rings (SSSR count). The number of hydrogen-bond donors (Lipinski definition) is 2. The van der Waals surface area contributed by atoms with Crippen LogP contribution in [0, 0.1) is 6.92 Å². The Morgan fingerprint density at radius 2 is 2.08 bits per heavy atom. The van der Waals surface area contributed by atoms with Crippen LogP contribution >= 0.6 is 11.3 Å². The van der Waals surface area contributed by atoms with Crippen LogP contribution in [-0.4, -0.2) is 35.2 Å². The molecule has 0 saturated heterocycles. The van der Waals surface area contributed by atoms with Crippen LogP contribution in [0.1, 0.15) is 34.9 Å². The molecule has 1 aliphatic carbocycles. The van der Waals surface area contributed by atoms with Crippen LogP contribution in [0.5, 0.6) is 0 Å². The van der Waals surface area contributed by atoms with Gasteiger partial charge in [-0.1, -0.05) is 30.3 Å². The molecule has 0 bridgehead atoms. The van der Waals surface area contributed by atoms with E-state index in [0.717, 1.165) is 19.3 Å². The molecule has 1 heterocycles. The van der Waals surface area contributed by atoms with Crippen molar-refractivity contribution < 1.29 is 9.90 Å². The molecule has 1 aromatic carbocycles. The van der Waals surface area contributed by atoms with Gasteiger partial charge in [-0.3, -0.25) is 0 Å². The number of aliphatic hydroxyl groups is 1. The predicted octanol–water partition coefficient (Wildman–Crippen LogP) is 3.51. The van der Waals surface area contributed by atoms with Gasteiger partial charge in [0.1, 0.15) is 0 Å². The van der Waals surface area contributed by atoms with E-state index in [1.54, 1.807) is 16.2 Å². The maximum Gasteiger partial charge on any atom is 0.318 e. The topological polar surface area (TPSA) is 52.6 Å². The number of rotatable bonds is 7. The molecule has 4 nitrogen and oxygen atoms in total. The Morgan fingerprint density at radius 3 is 2.67 bits per heavy atom. The van der Waals surface area contributed by atoms with Crippen molar-refractivity contribution in [2.45, 2.75) is 38.3 Å². The highest BCUT2D eigenvalue weighted by Gasteiger charge is 2.33. The lowest BCUT2D eigenvalue weighted by molar-refractivity contribution is 0.170. The summed E-state index contributed by atoms with van der Waals surface area (Å²) in [4.78, 5) is 15.7. The fourth-order valence-corrected chi connectivity index (χ4v) is 3.96. The molecule has 1 fully saturated rings. The van der Waals surface area contributed by atoms with Gasteiger partial charge in [-0.05, 0) is 48.8 Å². The maximum absolute atomic E-state index is 12.7. The SMILES string of the molecule is Cc1ccsc1C(Cc1ccccc1)NC(=O)N(CCO)C1CC1. The zero-order valence-electron chi connectivity index (χ0n) is 13.9. The minimum atomic E-state index is -0.0692. The number of aliphatic hydroxyl groups excluding tert-OH is 1. The molecule has 0 spiro atoms. The van der Waals surface area contributed by atoms with E-state index in [4.69, 9.17) is 0 Å². The lowest BCUT2D eigenvalue weighted by atomic mass is 10.0. The number of benzene rings is 1. The zero-order valence-corrected chi connectivity index (χ0v) is 14.8. The molecule has 1 saturated carbocycles. The number of amides is 2. The van der Waals surface area contributed by atoms with Gasteiger partial charge in [0.15, 0.2) is 0 Å².